The molecule has 93 valence electrons. The van der Waals surface area contributed by atoms with Crippen LogP contribution in [-0.2, 0) is 9.84 Å². The minimum atomic E-state index is -3.22. The molecule has 0 aliphatic heterocycles. The van der Waals surface area contributed by atoms with Gasteiger partial charge >= 0.3 is 0 Å². The molecule has 1 radical (unpaired) electrons. The van der Waals surface area contributed by atoms with Crippen LogP contribution in [0.5, 0.6) is 0 Å². The van der Waals surface area contributed by atoms with Crippen LogP contribution in [0.2, 0.25) is 5.02 Å². The summed E-state index contributed by atoms with van der Waals surface area (Å²) in [7, 11) is -3.22. The van der Waals surface area contributed by atoms with Gasteiger partial charge < -0.3 is 0 Å². The van der Waals surface area contributed by atoms with Gasteiger partial charge in [-0.2, -0.15) is 0 Å². The zero-order chi connectivity index (χ0) is 13.2. The van der Waals surface area contributed by atoms with E-state index >= 15 is 0 Å². The molecule has 0 bridgehead atoms. The minimum Gasteiger partial charge on any atom is -0.224 e. The van der Waals surface area contributed by atoms with Gasteiger partial charge in [-0.15, -0.1) is 0 Å². The monoisotopic (exact) mass is 279 g/mol. The van der Waals surface area contributed by atoms with Gasteiger partial charge in [0.2, 0.25) is 0 Å². The summed E-state index contributed by atoms with van der Waals surface area (Å²) in [5.74, 6) is 0.0770. The van der Waals surface area contributed by atoms with Crippen LogP contribution in [0.25, 0.3) is 11.1 Å². The van der Waals surface area contributed by atoms with Crippen LogP contribution in [0.1, 0.15) is 6.92 Å². The molecule has 0 aliphatic carbocycles. The Hall–Kier alpha value is -1.32. The minimum absolute atomic E-state index is 0.0770. The summed E-state index contributed by atoms with van der Waals surface area (Å²) in [4.78, 5) is 0.234. The van der Waals surface area contributed by atoms with Crippen LogP contribution in [0.3, 0.4) is 0 Å². The van der Waals surface area contributed by atoms with Crippen molar-refractivity contribution in [3.63, 3.8) is 0 Å². The second kappa shape index (κ2) is 5.12. The fourth-order valence-electron chi connectivity index (χ4n) is 1.60. The molecule has 2 nitrogen and oxygen atoms in total. The molecular formula is C14H12ClO2S. The molecule has 0 aliphatic rings. The van der Waals surface area contributed by atoms with Crippen molar-refractivity contribution in [2.75, 3.05) is 5.75 Å². The van der Waals surface area contributed by atoms with E-state index in [1.54, 1.807) is 31.2 Å². The topological polar surface area (TPSA) is 34.1 Å². The molecule has 0 spiro atoms. The summed E-state index contributed by atoms with van der Waals surface area (Å²) in [5, 5.41) is 0.655. The van der Waals surface area contributed by atoms with E-state index in [0.29, 0.717) is 5.02 Å². The molecule has 4 heteroatoms. The Morgan fingerprint density at radius 1 is 1.11 bits per heavy atom. The summed E-state index contributed by atoms with van der Waals surface area (Å²) >= 11 is 5.82. The van der Waals surface area contributed by atoms with Crippen molar-refractivity contribution < 1.29 is 8.42 Å². The van der Waals surface area contributed by atoms with Crippen LogP contribution in [0.4, 0.5) is 0 Å². The molecule has 0 amide bonds. The third-order valence-electron chi connectivity index (χ3n) is 2.67. The predicted octanol–water partition coefficient (Wildman–Crippen LogP) is 3.60. The van der Waals surface area contributed by atoms with Crippen molar-refractivity contribution in [1.29, 1.82) is 0 Å². The molecule has 0 aromatic heterocycles. The predicted molar refractivity (Wildman–Crippen MR) is 73.5 cm³/mol. The van der Waals surface area contributed by atoms with Gasteiger partial charge in [-0.25, -0.2) is 8.42 Å². The maximum Gasteiger partial charge on any atom is 0.178 e. The van der Waals surface area contributed by atoms with E-state index in [-0.39, 0.29) is 10.6 Å². The lowest BCUT2D eigenvalue weighted by atomic mass is 10.1. The van der Waals surface area contributed by atoms with Crippen molar-refractivity contribution >= 4 is 21.4 Å². The molecule has 0 unspecified atom stereocenters. The highest BCUT2D eigenvalue weighted by Gasteiger charge is 2.12. The first kappa shape index (κ1) is 13.1. The Morgan fingerprint density at radius 2 is 1.78 bits per heavy atom. The molecule has 2 rings (SSSR count). The molecule has 0 heterocycles. The van der Waals surface area contributed by atoms with Gasteiger partial charge in [0.25, 0.3) is 0 Å². The van der Waals surface area contributed by atoms with E-state index in [0.717, 1.165) is 11.1 Å². The van der Waals surface area contributed by atoms with Crippen LogP contribution >= 0.6 is 11.6 Å². The van der Waals surface area contributed by atoms with E-state index in [2.05, 4.69) is 6.07 Å². The quantitative estimate of drug-likeness (QED) is 0.860. The second-order valence-corrected chi connectivity index (χ2v) is 6.54. The Balaban J connectivity index is 2.48. The molecule has 0 fully saturated rings. The van der Waals surface area contributed by atoms with Crippen molar-refractivity contribution in [2.24, 2.45) is 0 Å². The number of benzene rings is 2. The summed E-state index contributed by atoms with van der Waals surface area (Å²) < 4.78 is 23.6. The Bertz CT molecular complexity index is 646. The van der Waals surface area contributed by atoms with Gasteiger partial charge in [0.05, 0.1) is 10.6 Å². The summed E-state index contributed by atoms with van der Waals surface area (Å²) in [6, 6.07) is 15.2. The average Bonchev–Trinajstić information content (AvgIpc) is 2.40. The molecule has 18 heavy (non-hydrogen) atoms. The number of hydrogen-bond acceptors (Lipinski definition) is 2. The third kappa shape index (κ3) is 2.74. The molecule has 2 aromatic rings. The number of sulfone groups is 1. The van der Waals surface area contributed by atoms with E-state index in [1.165, 1.54) is 0 Å². The maximum atomic E-state index is 11.8. The lowest BCUT2D eigenvalue weighted by Gasteiger charge is -2.05. The van der Waals surface area contributed by atoms with E-state index < -0.39 is 9.84 Å². The Kier molecular flexibility index (Phi) is 3.73. The summed E-state index contributed by atoms with van der Waals surface area (Å²) in [5.41, 5.74) is 1.78. The van der Waals surface area contributed by atoms with Crippen molar-refractivity contribution in [3.05, 3.63) is 53.6 Å². The first-order valence-corrected chi connectivity index (χ1v) is 7.56. The van der Waals surface area contributed by atoms with Crippen LogP contribution in [0, 0.1) is 6.07 Å². The number of rotatable bonds is 3. The molecule has 0 saturated heterocycles. The fourth-order valence-corrected chi connectivity index (χ4v) is 2.59. The Morgan fingerprint density at radius 3 is 2.39 bits per heavy atom. The fraction of sp³-hybridized carbons (Fsp3) is 0.143. The van der Waals surface area contributed by atoms with Gasteiger partial charge in [-0.05, 0) is 29.3 Å². The number of halogens is 1. The SMILES string of the molecule is CCS(=O)(=O)c1[c]ccc(-c2ccc(Cl)cc2)c1. The van der Waals surface area contributed by atoms with Gasteiger partial charge in [0, 0.05) is 11.1 Å². The highest BCUT2D eigenvalue weighted by atomic mass is 35.5. The molecule has 0 N–H and O–H groups in total. The van der Waals surface area contributed by atoms with Crippen LogP contribution in [-0.4, -0.2) is 14.2 Å². The lowest BCUT2D eigenvalue weighted by molar-refractivity contribution is 0.597. The first-order chi connectivity index (χ1) is 8.53. The van der Waals surface area contributed by atoms with Gasteiger partial charge in [0.15, 0.2) is 9.84 Å². The largest absolute Gasteiger partial charge is 0.224 e. The molecular weight excluding hydrogens is 268 g/mol. The van der Waals surface area contributed by atoms with E-state index in [4.69, 9.17) is 11.6 Å². The third-order valence-corrected chi connectivity index (χ3v) is 4.59. The van der Waals surface area contributed by atoms with E-state index in [1.807, 2.05) is 18.2 Å². The highest BCUT2D eigenvalue weighted by Crippen LogP contribution is 2.24. The van der Waals surface area contributed by atoms with Crippen molar-refractivity contribution in [1.82, 2.24) is 0 Å². The van der Waals surface area contributed by atoms with Crippen LogP contribution in [0.15, 0.2) is 47.4 Å². The zero-order valence-corrected chi connectivity index (χ0v) is 11.4. The zero-order valence-electron chi connectivity index (χ0n) is 9.85. The van der Waals surface area contributed by atoms with E-state index in [9.17, 15) is 8.42 Å². The lowest BCUT2D eigenvalue weighted by Crippen LogP contribution is -2.03. The standard InChI is InChI=1S/C14H12ClO2S/c1-2-18(16,17)14-5-3-4-12(10-14)11-6-8-13(15)9-7-11/h3-4,6-10H,2H2,1H3. The van der Waals surface area contributed by atoms with Crippen molar-refractivity contribution in [3.8, 4) is 11.1 Å². The smallest absolute Gasteiger partial charge is 0.178 e. The van der Waals surface area contributed by atoms with Crippen molar-refractivity contribution in [2.45, 2.75) is 11.8 Å². The second-order valence-electron chi connectivity index (χ2n) is 3.85. The molecule has 0 atom stereocenters. The van der Waals surface area contributed by atoms with Gasteiger partial charge in [-0.1, -0.05) is 42.8 Å². The normalized spacial score (nSPS) is 11.4. The van der Waals surface area contributed by atoms with Gasteiger partial charge in [-0.3, -0.25) is 0 Å². The molecule has 2 aromatic carbocycles. The maximum absolute atomic E-state index is 11.8. The van der Waals surface area contributed by atoms with Crippen LogP contribution < -0.4 is 0 Å². The van der Waals surface area contributed by atoms with Gasteiger partial charge in [0.1, 0.15) is 0 Å². The molecule has 0 saturated carbocycles. The number of hydrogen-bond donors (Lipinski definition) is 0. The highest BCUT2D eigenvalue weighted by molar-refractivity contribution is 7.91. The average molecular weight is 280 g/mol. The Labute approximate surface area is 112 Å². The summed E-state index contributed by atoms with van der Waals surface area (Å²) in [6.45, 7) is 1.62. The first-order valence-electron chi connectivity index (χ1n) is 5.53. The summed E-state index contributed by atoms with van der Waals surface area (Å²) in [6.07, 6.45) is 0.